The standard InChI is InChI=1S/C17H17N5OS/c1-12-3-5-13(6-4-12)11-18-21-16-20-17(24-22-16)19-14-7-9-15(23-2)10-8-14/h3-11H,1-2H3,(H2,19,20,21,22)/b18-11+. The van der Waals surface area contributed by atoms with Crippen LogP contribution in [0.3, 0.4) is 0 Å². The summed E-state index contributed by atoms with van der Waals surface area (Å²) in [7, 11) is 1.64. The highest BCUT2D eigenvalue weighted by molar-refractivity contribution is 7.10. The Bertz CT molecular complexity index is 812. The fourth-order valence-electron chi connectivity index (χ4n) is 1.93. The predicted molar refractivity (Wildman–Crippen MR) is 98.6 cm³/mol. The zero-order valence-corrected chi connectivity index (χ0v) is 14.2. The molecule has 0 saturated carbocycles. The number of hydrogen-bond donors (Lipinski definition) is 2. The maximum atomic E-state index is 5.13. The number of aromatic nitrogens is 2. The highest BCUT2D eigenvalue weighted by atomic mass is 32.1. The van der Waals surface area contributed by atoms with E-state index in [0.717, 1.165) is 17.0 Å². The van der Waals surface area contributed by atoms with Gasteiger partial charge in [-0.2, -0.15) is 10.1 Å². The van der Waals surface area contributed by atoms with Crippen molar-refractivity contribution in [1.29, 1.82) is 0 Å². The minimum absolute atomic E-state index is 0.458. The normalized spacial score (nSPS) is 10.8. The topological polar surface area (TPSA) is 71.4 Å². The van der Waals surface area contributed by atoms with Gasteiger partial charge in [0.25, 0.3) is 5.95 Å². The molecule has 24 heavy (non-hydrogen) atoms. The molecule has 1 aromatic heterocycles. The second-order valence-corrected chi connectivity index (χ2v) is 5.81. The second-order valence-electron chi connectivity index (χ2n) is 5.06. The molecule has 7 heteroatoms. The number of anilines is 3. The first-order chi connectivity index (χ1) is 11.7. The van der Waals surface area contributed by atoms with Crippen LogP contribution in [0.5, 0.6) is 5.75 Å². The quantitative estimate of drug-likeness (QED) is 0.524. The summed E-state index contributed by atoms with van der Waals surface area (Å²) in [4.78, 5) is 4.33. The van der Waals surface area contributed by atoms with E-state index < -0.39 is 0 Å². The highest BCUT2D eigenvalue weighted by Crippen LogP contribution is 2.22. The fraction of sp³-hybridized carbons (Fsp3) is 0.118. The number of nitrogens with zero attached hydrogens (tertiary/aromatic N) is 3. The van der Waals surface area contributed by atoms with Crippen molar-refractivity contribution in [2.45, 2.75) is 6.92 Å². The highest BCUT2D eigenvalue weighted by Gasteiger charge is 2.03. The van der Waals surface area contributed by atoms with Gasteiger partial charge in [0.2, 0.25) is 5.13 Å². The van der Waals surface area contributed by atoms with E-state index in [0.29, 0.717) is 11.1 Å². The number of benzene rings is 2. The number of aryl methyl sites for hydroxylation is 1. The van der Waals surface area contributed by atoms with Crippen LogP contribution in [0.25, 0.3) is 0 Å². The number of hydrogen-bond acceptors (Lipinski definition) is 7. The molecule has 2 aromatic carbocycles. The van der Waals surface area contributed by atoms with Gasteiger partial charge in [-0.05, 0) is 36.8 Å². The summed E-state index contributed by atoms with van der Waals surface area (Å²) in [5.41, 5.74) is 5.98. The molecular weight excluding hydrogens is 322 g/mol. The van der Waals surface area contributed by atoms with Gasteiger partial charge in [-0.25, -0.2) is 5.43 Å². The van der Waals surface area contributed by atoms with Gasteiger partial charge >= 0.3 is 0 Å². The molecule has 0 spiro atoms. The van der Waals surface area contributed by atoms with Crippen molar-refractivity contribution < 1.29 is 4.74 Å². The zero-order chi connectivity index (χ0) is 16.8. The molecule has 1 heterocycles. The van der Waals surface area contributed by atoms with E-state index in [9.17, 15) is 0 Å². The molecule has 0 atom stereocenters. The van der Waals surface area contributed by atoms with Crippen LogP contribution >= 0.6 is 11.5 Å². The van der Waals surface area contributed by atoms with Crippen LogP contribution in [0.1, 0.15) is 11.1 Å². The van der Waals surface area contributed by atoms with Crippen LogP contribution in [-0.2, 0) is 0 Å². The van der Waals surface area contributed by atoms with Gasteiger partial charge in [0.1, 0.15) is 5.75 Å². The summed E-state index contributed by atoms with van der Waals surface area (Å²) >= 11 is 1.26. The number of methoxy groups -OCH3 is 1. The first kappa shape index (κ1) is 15.9. The van der Waals surface area contributed by atoms with Crippen LogP contribution < -0.4 is 15.5 Å². The Morgan fingerprint density at radius 3 is 2.54 bits per heavy atom. The molecule has 0 aliphatic heterocycles. The molecule has 0 fully saturated rings. The first-order valence-corrected chi connectivity index (χ1v) is 8.11. The fourth-order valence-corrected chi connectivity index (χ4v) is 2.48. The average molecular weight is 339 g/mol. The summed E-state index contributed by atoms with van der Waals surface area (Å²) in [6.45, 7) is 2.05. The van der Waals surface area contributed by atoms with Crippen LogP contribution in [0.15, 0.2) is 53.6 Å². The minimum atomic E-state index is 0.458. The number of nitrogens with one attached hydrogen (secondary N) is 2. The number of ether oxygens (including phenoxy) is 1. The third kappa shape index (κ3) is 4.30. The lowest BCUT2D eigenvalue weighted by Gasteiger charge is -2.03. The maximum Gasteiger partial charge on any atom is 0.257 e. The summed E-state index contributed by atoms with van der Waals surface area (Å²) in [5, 5.41) is 8.02. The molecule has 6 nitrogen and oxygen atoms in total. The van der Waals surface area contributed by atoms with Crippen molar-refractivity contribution in [1.82, 2.24) is 9.36 Å². The third-order valence-electron chi connectivity index (χ3n) is 3.22. The molecule has 0 radical (unpaired) electrons. The number of hydrazone groups is 1. The molecule has 0 bridgehead atoms. The van der Waals surface area contributed by atoms with Crippen LogP contribution in [0, 0.1) is 6.92 Å². The lowest BCUT2D eigenvalue weighted by Crippen LogP contribution is -1.94. The number of rotatable bonds is 6. The van der Waals surface area contributed by atoms with E-state index >= 15 is 0 Å². The largest absolute Gasteiger partial charge is 0.497 e. The van der Waals surface area contributed by atoms with Gasteiger partial charge in [-0.3, -0.25) is 0 Å². The molecular formula is C17H17N5OS. The van der Waals surface area contributed by atoms with Crippen molar-refractivity contribution in [3.05, 3.63) is 59.7 Å². The maximum absolute atomic E-state index is 5.13. The van der Waals surface area contributed by atoms with Crippen molar-refractivity contribution in [2.24, 2.45) is 5.10 Å². The van der Waals surface area contributed by atoms with Gasteiger partial charge in [-0.15, -0.1) is 4.37 Å². The van der Waals surface area contributed by atoms with E-state index in [2.05, 4.69) is 32.1 Å². The summed E-state index contributed by atoms with van der Waals surface area (Å²) in [5.74, 6) is 1.27. The molecule has 3 rings (SSSR count). The monoisotopic (exact) mass is 339 g/mol. The van der Waals surface area contributed by atoms with Gasteiger partial charge in [0.05, 0.1) is 13.3 Å². The van der Waals surface area contributed by atoms with Crippen LogP contribution in [0.4, 0.5) is 16.8 Å². The Labute approximate surface area is 144 Å². The Morgan fingerprint density at radius 1 is 1.08 bits per heavy atom. The van der Waals surface area contributed by atoms with Crippen molar-refractivity contribution in [3.63, 3.8) is 0 Å². The molecule has 0 unspecified atom stereocenters. The molecule has 0 amide bonds. The smallest absolute Gasteiger partial charge is 0.257 e. The molecule has 122 valence electrons. The Kier molecular flexibility index (Phi) is 5.02. The summed E-state index contributed by atoms with van der Waals surface area (Å²) in [6, 6.07) is 15.7. The molecule has 2 N–H and O–H groups in total. The zero-order valence-electron chi connectivity index (χ0n) is 13.4. The Hall–Kier alpha value is -2.93. The summed E-state index contributed by atoms with van der Waals surface area (Å²) in [6.07, 6.45) is 1.73. The van der Waals surface area contributed by atoms with Gasteiger partial charge < -0.3 is 10.1 Å². The molecule has 0 aliphatic carbocycles. The second kappa shape index (κ2) is 7.56. The molecule has 0 aliphatic rings. The van der Waals surface area contributed by atoms with Gasteiger partial charge in [0.15, 0.2) is 0 Å². The van der Waals surface area contributed by atoms with E-state index in [1.54, 1.807) is 13.3 Å². The van der Waals surface area contributed by atoms with E-state index in [1.807, 2.05) is 48.5 Å². The first-order valence-electron chi connectivity index (χ1n) is 7.33. The Morgan fingerprint density at radius 2 is 1.83 bits per heavy atom. The third-order valence-corrected chi connectivity index (χ3v) is 3.85. The van der Waals surface area contributed by atoms with E-state index in [1.165, 1.54) is 17.1 Å². The van der Waals surface area contributed by atoms with Crippen LogP contribution in [0.2, 0.25) is 0 Å². The average Bonchev–Trinajstić information content (AvgIpc) is 3.05. The van der Waals surface area contributed by atoms with Crippen molar-refractivity contribution in [3.8, 4) is 5.75 Å². The molecule has 0 saturated heterocycles. The lowest BCUT2D eigenvalue weighted by molar-refractivity contribution is 0.415. The van der Waals surface area contributed by atoms with Gasteiger partial charge in [-0.1, -0.05) is 29.8 Å². The predicted octanol–water partition coefficient (Wildman–Crippen LogP) is 4.04. The van der Waals surface area contributed by atoms with E-state index in [4.69, 9.17) is 4.74 Å². The summed E-state index contributed by atoms with van der Waals surface area (Å²) < 4.78 is 9.34. The Balaban J connectivity index is 1.57. The molecule has 3 aromatic rings. The minimum Gasteiger partial charge on any atom is -0.497 e. The van der Waals surface area contributed by atoms with E-state index in [-0.39, 0.29) is 0 Å². The lowest BCUT2D eigenvalue weighted by atomic mass is 10.2. The van der Waals surface area contributed by atoms with Crippen molar-refractivity contribution >= 4 is 34.5 Å². The van der Waals surface area contributed by atoms with Gasteiger partial charge in [0, 0.05) is 17.2 Å². The SMILES string of the molecule is COc1ccc(Nc2nc(N/N=C/c3ccc(C)cc3)ns2)cc1. The van der Waals surface area contributed by atoms with Crippen molar-refractivity contribution in [2.75, 3.05) is 17.9 Å². The van der Waals surface area contributed by atoms with Crippen LogP contribution in [-0.4, -0.2) is 22.7 Å².